The minimum Gasteiger partial charge on any atom is -0.269 e. The Labute approximate surface area is 93.5 Å². The quantitative estimate of drug-likeness (QED) is 0.739. The fraction of sp³-hybridized carbons (Fsp3) is 0.111. The number of halogens is 2. The Hall–Kier alpha value is -0.870. The van der Waals surface area contributed by atoms with Crippen molar-refractivity contribution in [3.8, 4) is 0 Å². The number of pyridine rings is 1. The van der Waals surface area contributed by atoms with E-state index in [2.05, 4.69) is 20.9 Å². The largest absolute Gasteiger partial charge is 0.269 e. The predicted molar refractivity (Wildman–Crippen MR) is 58.9 cm³/mol. The second kappa shape index (κ2) is 3.37. The first kappa shape index (κ1) is 9.68. The maximum atomic E-state index is 11.5. The molecular weight excluding hydrogens is 267 g/mol. The molecule has 0 spiro atoms. The molecule has 0 saturated heterocycles. The monoisotopic (exact) mass is 272 g/mol. The highest BCUT2D eigenvalue weighted by molar-refractivity contribution is 9.10. The van der Waals surface area contributed by atoms with Crippen molar-refractivity contribution in [3.63, 3.8) is 0 Å². The summed E-state index contributed by atoms with van der Waals surface area (Å²) in [6.45, 7) is 1.78. The molecule has 0 N–H and O–H groups in total. The van der Waals surface area contributed by atoms with Gasteiger partial charge in [0.1, 0.15) is 0 Å². The number of rotatable bonds is 0. The third kappa shape index (κ3) is 1.55. The van der Waals surface area contributed by atoms with Crippen molar-refractivity contribution in [3.05, 3.63) is 43.9 Å². The Balaban J connectivity index is 3.02. The van der Waals surface area contributed by atoms with E-state index >= 15 is 0 Å². The van der Waals surface area contributed by atoms with Gasteiger partial charge in [0.25, 0.3) is 5.56 Å². The van der Waals surface area contributed by atoms with Crippen LogP contribution in [0.15, 0.2) is 27.6 Å². The topological polar surface area (TPSA) is 34.4 Å². The molecule has 14 heavy (non-hydrogen) atoms. The lowest BCUT2D eigenvalue weighted by Gasteiger charge is -2.03. The van der Waals surface area contributed by atoms with Crippen LogP contribution in [-0.2, 0) is 0 Å². The van der Waals surface area contributed by atoms with Crippen LogP contribution in [0, 0.1) is 6.92 Å². The average Bonchev–Trinajstić information content (AvgIpc) is 2.07. The number of aryl methyl sites for hydroxylation is 1. The van der Waals surface area contributed by atoms with Gasteiger partial charge in [0.15, 0.2) is 5.65 Å². The Morgan fingerprint density at radius 1 is 1.50 bits per heavy atom. The van der Waals surface area contributed by atoms with Crippen LogP contribution in [0.25, 0.3) is 5.65 Å². The molecule has 0 unspecified atom stereocenters. The van der Waals surface area contributed by atoms with Gasteiger partial charge in [0, 0.05) is 18.0 Å². The highest BCUT2D eigenvalue weighted by Crippen LogP contribution is 2.19. The third-order valence-corrected chi connectivity index (χ3v) is 2.60. The summed E-state index contributed by atoms with van der Waals surface area (Å²) in [5, 5.41) is 0.497. The first-order valence-electron chi connectivity index (χ1n) is 3.93. The molecule has 5 heteroatoms. The summed E-state index contributed by atoms with van der Waals surface area (Å²) in [5.41, 5.74) is 1.15. The number of nitrogens with zero attached hydrogens (tertiary/aromatic N) is 2. The number of hydrogen-bond acceptors (Lipinski definition) is 2. The Kier molecular flexibility index (Phi) is 2.33. The van der Waals surface area contributed by atoms with E-state index in [0.717, 1.165) is 0 Å². The molecule has 3 nitrogen and oxygen atoms in total. The van der Waals surface area contributed by atoms with Crippen LogP contribution in [0.5, 0.6) is 0 Å². The smallest absolute Gasteiger partial charge is 0.258 e. The zero-order chi connectivity index (χ0) is 10.3. The van der Waals surface area contributed by atoms with Crippen molar-refractivity contribution in [2.24, 2.45) is 0 Å². The first-order chi connectivity index (χ1) is 6.58. The normalized spacial score (nSPS) is 10.8. The van der Waals surface area contributed by atoms with E-state index in [-0.39, 0.29) is 5.56 Å². The third-order valence-electron chi connectivity index (χ3n) is 1.81. The standard InChI is InChI=1S/C9H6BrClN2O/c1-5-2-8(14)13-4-6(11)3-7(10)9(13)12-5/h2-4H,1H3. The molecule has 0 aromatic carbocycles. The van der Waals surface area contributed by atoms with Crippen LogP contribution in [0.1, 0.15) is 5.69 Å². The molecule has 72 valence electrons. The Morgan fingerprint density at radius 3 is 2.93 bits per heavy atom. The van der Waals surface area contributed by atoms with Gasteiger partial charge in [-0.05, 0) is 28.9 Å². The lowest BCUT2D eigenvalue weighted by Crippen LogP contribution is -2.14. The van der Waals surface area contributed by atoms with Crippen LogP contribution >= 0.6 is 27.5 Å². The van der Waals surface area contributed by atoms with Crippen LogP contribution in [-0.4, -0.2) is 9.38 Å². The summed E-state index contributed by atoms with van der Waals surface area (Å²) in [6.07, 6.45) is 1.55. The van der Waals surface area contributed by atoms with Crippen LogP contribution < -0.4 is 5.56 Å². The number of hydrogen-bond donors (Lipinski definition) is 0. The molecule has 2 aromatic heterocycles. The highest BCUT2D eigenvalue weighted by Gasteiger charge is 2.04. The van der Waals surface area contributed by atoms with Crippen molar-refractivity contribution < 1.29 is 0 Å². The van der Waals surface area contributed by atoms with Crippen LogP contribution in [0.4, 0.5) is 0 Å². The van der Waals surface area contributed by atoms with Gasteiger partial charge in [-0.2, -0.15) is 0 Å². The summed E-state index contributed by atoms with van der Waals surface area (Å²) in [4.78, 5) is 15.8. The van der Waals surface area contributed by atoms with Gasteiger partial charge in [-0.3, -0.25) is 9.20 Å². The van der Waals surface area contributed by atoms with Gasteiger partial charge in [-0.15, -0.1) is 0 Å². The molecule has 0 bridgehead atoms. The fourth-order valence-corrected chi connectivity index (χ4v) is 2.11. The van der Waals surface area contributed by atoms with E-state index in [1.807, 2.05) is 0 Å². The fourth-order valence-electron chi connectivity index (χ4n) is 1.25. The Morgan fingerprint density at radius 2 is 2.21 bits per heavy atom. The zero-order valence-electron chi connectivity index (χ0n) is 7.29. The van der Waals surface area contributed by atoms with E-state index < -0.39 is 0 Å². The van der Waals surface area contributed by atoms with Crippen molar-refractivity contribution in [2.45, 2.75) is 6.92 Å². The van der Waals surface area contributed by atoms with Gasteiger partial charge in [-0.25, -0.2) is 4.98 Å². The maximum Gasteiger partial charge on any atom is 0.258 e. The van der Waals surface area contributed by atoms with E-state index in [1.54, 1.807) is 19.2 Å². The van der Waals surface area contributed by atoms with Crippen molar-refractivity contribution in [2.75, 3.05) is 0 Å². The molecule has 0 saturated carbocycles. The molecule has 0 atom stereocenters. The van der Waals surface area contributed by atoms with Gasteiger partial charge in [0.2, 0.25) is 0 Å². The molecule has 2 aromatic rings. The average molecular weight is 274 g/mol. The van der Waals surface area contributed by atoms with E-state index in [1.165, 1.54) is 10.5 Å². The SMILES string of the molecule is Cc1cc(=O)n2cc(Cl)cc(Br)c2n1. The summed E-state index contributed by atoms with van der Waals surface area (Å²) in [5.74, 6) is 0. The lowest BCUT2D eigenvalue weighted by atomic mass is 10.4. The molecule has 0 aliphatic heterocycles. The van der Waals surface area contributed by atoms with Crippen molar-refractivity contribution in [1.29, 1.82) is 0 Å². The molecule has 0 aliphatic carbocycles. The van der Waals surface area contributed by atoms with Crippen molar-refractivity contribution >= 4 is 33.2 Å². The van der Waals surface area contributed by atoms with E-state index in [0.29, 0.717) is 20.8 Å². The molecule has 2 rings (SSSR count). The molecule has 0 aliphatic rings. The van der Waals surface area contributed by atoms with E-state index in [9.17, 15) is 4.79 Å². The van der Waals surface area contributed by atoms with E-state index in [4.69, 9.17) is 11.6 Å². The minimum absolute atomic E-state index is 0.129. The predicted octanol–water partition coefficient (Wildman–Crippen LogP) is 2.42. The Bertz CT molecular complexity index is 564. The summed E-state index contributed by atoms with van der Waals surface area (Å²) in [6, 6.07) is 3.18. The second-order valence-electron chi connectivity index (χ2n) is 2.94. The van der Waals surface area contributed by atoms with Gasteiger partial charge in [0.05, 0.1) is 9.50 Å². The molecule has 0 radical (unpaired) electrons. The van der Waals surface area contributed by atoms with Gasteiger partial charge >= 0.3 is 0 Å². The molecule has 0 fully saturated rings. The lowest BCUT2D eigenvalue weighted by molar-refractivity contribution is 1.01. The maximum absolute atomic E-state index is 11.5. The highest BCUT2D eigenvalue weighted by atomic mass is 79.9. The van der Waals surface area contributed by atoms with Crippen LogP contribution in [0.3, 0.4) is 0 Å². The summed E-state index contributed by atoms with van der Waals surface area (Å²) >= 11 is 9.13. The summed E-state index contributed by atoms with van der Waals surface area (Å²) in [7, 11) is 0. The minimum atomic E-state index is -0.129. The van der Waals surface area contributed by atoms with Gasteiger partial charge < -0.3 is 0 Å². The zero-order valence-corrected chi connectivity index (χ0v) is 9.63. The van der Waals surface area contributed by atoms with Crippen molar-refractivity contribution in [1.82, 2.24) is 9.38 Å². The number of fused-ring (bicyclic) bond motifs is 1. The van der Waals surface area contributed by atoms with Crippen LogP contribution in [0.2, 0.25) is 5.02 Å². The second-order valence-corrected chi connectivity index (χ2v) is 4.23. The summed E-state index contributed by atoms with van der Waals surface area (Å²) < 4.78 is 2.13. The first-order valence-corrected chi connectivity index (χ1v) is 5.10. The molecule has 0 amide bonds. The molecular formula is C9H6BrClN2O. The number of aromatic nitrogens is 2. The van der Waals surface area contributed by atoms with Gasteiger partial charge in [-0.1, -0.05) is 11.6 Å². The molecule has 2 heterocycles.